The third-order valence-electron chi connectivity index (χ3n) is 5.33. The fourth-order valence-electron chi connectivity index (χ4n) is 3.41. The van der Waals surface area contributed by atoms with Crippen LogP contribution in [0.3, 0.4) is 0 Å². The number of carbonyl (C=O) groups excluding carboxylic acids is 1. The summed E-state index contributed by atoms with van der Waals surface area (Å²) in [6, 6.07) is 17.6. The van der Waals surface area contributed by atoms with Crippen LogP contribution < -0.4 is 4.74 Å². The lowest BCUT2D eigenvalue weighted by Crippen LogP contribution is -2.37. The van der Waals surface area contributed by atoms with Crippen LogP contribution in [0.15, 0.2) is 54.6 Å². The van der Waals surface area contributed by atoms with Gasteiger partial charge in [-0.2, -0.15) is 11.8 Å². The van der Waals surface area contributed by atoms with Gasteiger partial charge in [0.05, 0.1) is 13.2 Å². The van der Waals surface area contributed by atoms with Crippen LogP contribution in [0, 0.1) is 5.41 Å². The van der Waals surface area contributed by atoms with Crippen molar-refractivity contribution in [2.24, 2.45) is 5.41 Å². The molecule has 2 aromatic carbocycles. The topological polar surface area (TPSA) is 85.3 Å². The number of nitrogens with zero attached hydrogens (tertiary/aromatic N) is 1. The molecule has 7 nitrogen and oxygen atoms in total. The molecule has 0 aliphatic heterocycles. The van der Waals surface area contributed by atoms with Gasteiger partial charge in [0.25, 0.3) is 0 Å². The lowest BCUT2D eigenvalue weighted by atomic mass is 9.99. The smallest absolute Gasteiger partial charge is 0.409 e. The summed E-state index contributed by atoms with van der Waals surface area (Å²) in [6.07, 6.45) is -0.0339. The van der Waals surface area contributed by atoms with Gasteiger partial charge in [-0.05, 0) is 47.8 Å². The Labute approximate surface area is 225 Å². The van der Waals surface area contributed by atoms with Crippen molar-refractivity contribution in [3.8, 4) is 5.75 Å². The number of carboxylic acids is 1. The van der Waals surface area contributed by atoms with Gasteiger partial charge in [0, 0.05) is 25.3 Å². The Morgan fingerprint density at radius 1 is 1.00 bits per heavy atom. The first kappa shape index (κ1) is 30.5. The van der Waals surface area contributed by atoms with Gasteiger partial charge in [-0.3, -0.25) is 0 Å². The second-order valence-electron chi connectivity index (χ2n) is 9.97. The first-order valence-corrected chi connectivity index (χ1v) is 13.9. The van der Waals surface area contributed by atoms with Crippen LogP contribution >= 0.6 is 11.8 Å². The number of carbonyl (C=O) groups is 2. The predicted octanol–water partition coefficient (Wildman–Crippen LogP) is 5.91. The molecule has 204 valence electrons. The minimum absolute atomic E-state index is 0.104. The number of carboxylic acid groups (broad SMARTS) is 1. The van der Waals surface area contributed by atoms with E-state index in [1.54, 1.807) is 11.8 Å². The molecule has 0 aliphatic rings. The van der Waals surface area contributed by atoms with E-state index in [4.69, 9.17) is 14.2 Å². The highest BCUT2D eigenvalue weighted by atomic mass is 32.2. The molecule has 37 heavy (non-hydrogen) atoms. The van der Waals surface area contributed by atoms with E-state index in [1.807, 2.05) is 75.0 Å². The fourth-order valence-corrected chi connectivity index (χ4v) is 4.32. The molecule has 0 radical (unpaired) electrons. The molecule has 0 aliphatic carbocycles. The Kier molecular flexibility index (Phi) is 13.4. The van der Waals surface area contributed by atoms with Crippen molar-refractivity contribution in [2.75, 3.05) is 38.7 Å². The van der Waals surface area contributed by atoms with Crippen molar-refractivity contribution in [1.82, 2.24) is 4.90 Å². The van der Waals surface area contributed by atoms with Crippen LogP contribution in [0.25, 0.3) is 0 Å². The molecule has 0 fully saturated rings. The summed E-state index contributed by atoms with van der Waals surface area (Å²) in [5, 5.41) is 9.27. The molecule has 0 heterocycles. The zero-order valence-corrected chi connectivity index (χ0v) is 23.3. The Bertz CT molecular complexity index is 930. The summed E-state index contributed by atoms with van der Waals surface area (Å²) in [4.78, 5) is 25.8. The Hall–Kier alpha value is -2.71. The van der Waals surface area contributed by atoms with E-state index in [0.29, 0.717) is 45.1 Å². The average molecular weight is 532 g/mol. The summed E-state index contributed by atoms with van der Waals surface area (Å²) in [6.45, 7) is 9.92. The number of rotatable bonds is 16. The van der Waals surface area contributed by atoms with Crippen LogP contribution in [-0.2, 0) is 26.4 Å². The average Bonchev–Trinajstić information content (AvgIpc) is 2.86. The van der Waals surface area contributed by atoms with E-state index in [2.05, 4.69) is 12.1 Å². The molecule has 0 saturated heterocycles. The van der Waals surface area contributed by atoms with Crippen molar-refractivity contribution in [3.05, 3.63) is 65.7 Å². The fraction of sp³-hybridized carbons (Fsp3) is 0.517. The van der Waals surface area contributed by atoms with E-state index in [0.717, 1.165) is 23.5 Å². The summed E-state index contributed by atoms with van der Waals surface area (Å²) < 4.78 is 16.7. The highest BCUT2D eigenvalue weighted by molar-refractivity contribution is 7.98. The zero-order chi connectivity index (χ0) is 27.1. The van der Waals surface area contributed by atoms with Gasteiger partial charge in [-0.15, -0.1) is 0 Å². The van der Waals surface area contributed by atoms with Gasteiger partial charge < -0.3 is 24.2 Å². The highest BCUT2D eigenvalue weighted by Gasteiger charge is 2.20. The SMILES string of the molecule is CCOC(Cc1ccc(OCCN(CCCSCc2ccccc2)C(=O)OCC(C)(C)C)cc1)C(=O)O. The number of benzene rings is 2. The summed E-state index contributed by atoms with van der Waals surface area (Å²) >= 11 is 1.85. The van der Waals surface area contributed by atoms with E-state index < -0.39 is 12.1 Å². The van der Waals surface area contributed by atoms with Gasteiger partial charge in [-0.25, -0.2) is 9.59 Å². The molecule has 0 spiro atoms. The highest BCUT2D eigenvalue weighted by Crippen LogP contribution is 2.17. The molecule has 2 aromatic rings. The normalized spacial score (nSPS) is 12.1. The lowest BCUT2D eigenvalue weighted by Gasteiger charge is -2.25. The molecular weight excluding hydrogens is 490 g/mol. The van der Waals surface area contributed by atoms with Crippen molar-refractivity contribution < 1.29 is 28.9 Å². The zero-order valence-electron chi connectivity index (χ0n) is 22.5. The van der Waals surface area contributed by atoms with E-state index in [9.17, 15) is 14.7 Å². The number of aliphatic carboxylic acids is 1. The minimum Gasteiger partial charge on any atom is -0.492 e. The van der Waals surface area contributed by atoms with Crippen LogP contribution in [-0.4, -0.2) is 66.8 Å². The van der Waals surface area contributed by atoms with Crippen molar-refractivity contribution >= 4 is 23.8 Å². The van der Waals surface area contributed by atoms with Crippen molar-refractivity contribution in [3.63, 3.8) is 0 Å². The second kappa shape index (κ2) is 16.2. The van der Waals surface area contributed by atoms with Crippen molar-refractivity contribution in [1.29, 1.82) is 0 Å². The predicted molar refractivity (Wildman–Crippen MR) is 148 cm³/mol. The van der Waals surface area contributed by atoms with Gasteiger partial charge in [0.2, 0.25) is 0 Å². The van der Waals surface area contributed by atoms with Crippen LogP contribution in [0.5, 0.6) is 5.75 Å². The standard InChI is InChI=1S/C29H41NO6S/c1-5-34-26(27(31)32)20-23-12-14-25(15-13-23)35-18-17-30(28(33)36-22-29(2,3)4)16-9-19-37-21-24-10-7-6-8-11-24/h6-8,10-15,26H,5,9,16-22H2,1-4H3,(H,31,32). The molecule has 1 atom stereocenters. The molecular formula is C29H41NO6S. The molecule has 1 amide bonds. The third kappa shape index (κ3) is 12.9. The maximum atomic E-state index is 12.8. The number of hydrogen-bond donors (Lipinski definition) is 1. The molecule has 2 rings (SSSR count). The van der Waals surface area contributed by atoms with E-state index in [-0.39, 0.29) is 11.5 Å². The largest absolute Gasteiger partial charge is 0.492 e. The molecule has 1 N–H and O–H groups in total. The van der Waals surface area contributed by atoms with Crippen LogP contribution in [0.2, 0.25) is 0 Å². The van der Waals surface area contributed by atoms with Gasteiger partial charge in [-0.1, -0.05) is 63.2 Å². The second-order valence-corrected chi connectivity index (χ2v) is 11.1. The number of ether oxygens (including phenoxy) is 3. The molecule has 0 aromatic heterocycles. The first-order chi connectivity index (χ1) is 17.7. The minimum atomic E-state index is -0.973. The van der Waals surface area contributed by atoms with Crippen LogP contribution in [0.4, 0.5) is 4.79 Å². The maximum absolute atomic E-state index is 12.8. The molecule has 0 saturated carbocycles. The Morgan fingerprint density at radius 3 is 2.32 bits per heavy atom. The van der Waals surface area contributed by atoms with E-state index >= 15 is 0 Å². The summed E-state index contributed by atoms with van der Waals surface area (Å²) in [5.74, 6) is 1.58. The summed E-state index contributed by atoms with van der Waals surface area (Å²) in [7, 11) is 0. The summed E-state index contributed by atoms with van der Waals surface area (Å²) in [5.41, 5.74) is 2.05. The quantitative estimate of drug-likeness (QED) is 0.270. The first-order valence-electron chi connectivity index (χ1n) is 12.8. The lowest BCUT2D eigenvalue weighted by molar-refractivity contribution is -0.149. The number of hydrogen-bond acceptors (Lipinski definition) is 6. The Balaban J connectivity index is 1.83. The third-order valence-corrected chi connectivity index (χ3v) is 6.45. The maximum Gasteiger partial charge on any atom is 0.409 e. The molecule has 1 unspecified atom stereocenters. The molecule has 8 heteroatoms. The monoisotopic (exact) mass is 531 g/mol. The van der Waals surface area contributed by atoms with Crippen molar-refractivity contribution in [2.45, 2.75) is 52.4 Å². The molecule has 0 bridgehead atoms. The number of thioether (sulfide) groups is 1. The number of amides is 1. The van der Waals surface area contributed by atoms with E-state index in [1.165, 1.54) is 5.56 Å². The van der Waals surface area contributed by atoms with Gasteiger partial charge >= 0.3 is 12.1 Å². The van der Waals surface area contributed by atoms with Gasteiger partial charge in [0.15, 0.2) is 6.10 Å². The van der Waals surface area contributed by atoms with Gasteiger partial charge in [0.1, 0.15) is 12.4 Å². The van der Waals surface area contributed by atoms with Crippen LogP contribution in [0.1, 0.15) is 45.2 Å². The Morgan fingerprint density at radius 2 is 1.70 bits per heavy atom.